The van der Waals surface area contributed by atoms with Crippen molar-refractivity contribution < 1.29 is 24.5 Å². The third kappa shape index (κ3) is 6.62. The maximum Gasteiger partial charge on any atom is 0.332 e. The van der Waals surface area contributed by atoms with E-state index in [1.54, 1.807) is 24.3 Å². The van der Waals surface area contributed by atoms with Crippen molar-refractivity contribution >= 4 is 17.7 Å². The Morgan fingerprint density at radius 2 is 1.95 bits per heavy atom. The van der Waals surface area contributed by atoms with Crippen LogP contribution in [0.15, 0.2) is 24.3 Å². The number of aliphatic carboxylic acids is 1. The first-order chi connectivity index (χ1) is 10.0. The molecule has 7 nitrogen and oxygen atoms in total. The quantitative estimate of drug-likeness (QED) is 0.580. The van der Waals surface area contributed by atoms with Crippen molar-refractivity contribution in [2.24, 2.45) is 0 Å². The zero-order valence-corrected chi connectivity index (χ0v) is 11.8. The maximum atomic E-state index is 11.5. The Hall–Kier alpha value is -2.28. The van der Waals surface area contributed by atoms with Crippen LogP contribution in [0.3, 0.4) is 0 Å². The maximum absolute atomic E-state index is 11.5. The van der Waals surface area contributed by atoms with Gasteiger partial charge < -0.3 is 25.6 Å². The zero-order chi connectivity index (χ0) is 15.7. The number of carboxylic acid groups (broad SMARTS) is 1. The Morgan fingerprint density at radius 1 is 1.29 bits per heavy atom. The number of benzene rings is 1. The molecule has 116 valence electrons. The van der Waals surface area contributed by atoms with E-state index >= 15 is 0 Å². The van der Waals surface area contributed by atoms with Gasteiger partial charge >= 0.3 is 12.0 Å². The molecule has 0 bridgehead atoms. The van der Waals surface area contributed by atoms with E-state index < -0.39 is 18.1 Å². The number of hydrogen-bond acceptors (Lipinski definition) is 4. The van der Waals surface area contributed by atoms with Crippen LogP contribution < -0.4 is 15.4 Å². The highest BCUT2D eigenvalue weighted by Crippen LogP contribution is 2.15. The summed E-state index contributed by atoms with van der Waals surface area (Å²) in [4.78, 5) is 21.9. The molecule has 21 heavy (non-hydrogen) atoms. The van der Waals surface area contributed by atoms with Crippen LogP contribution >= 0.6 is 0 Å². The summed E-state index contributed by atoms with van der Waals surface area (Å²) in [6, 6.07) is 6.45. The summed E-state index contributed by atoms with van der Waals surface area (Å²) in [5, 5.41) is 22.6. The number of urea groups is 1. The van der Waals surface area contributed by atoms with Crippen molar-refractivity contribution in [2.75, 3.05) is 18.5 Å². The summed E-state index contributed by atoms with van der Waals surface area (Å²) >= 11 is 0. The van der Waals surface area contributed by atoms with Crippen LogP contribution in [0.25, 0.3) is 0 Å². The minimum Gasteiger partial charge on any atom is -0.494 e. The smallest absolute Gasteiger partial charge is 0.332 e. The van der Waals surface area contributed by atoms with Crippen LogP contribution in [0.4, 0.5) is 10.5 Å². The predicted molar refractivity (Wildman–Crippen MR) is 77.5 cm³/mol. The molecule has 0 heterocycles. The standard InChI is InChI=1S/C14H20N2O5/c1-2-9-21-11-5-3-10(4-6-11)16-14(20)15-8-7-12(17)13(18)19/h3-6,12,17H,2,7-9H2,1H3,(H,18,19)(H2,15,16,20). The van der Waals surface area contributed by atoms with Gasteiger partial charge in [0.15, 0.2) is 6.10 Å². The van der Waals surface area contributed by atoms with Crippen LogP contribution in [-0.4, -0.2) is 41.5 Å². The van der Waals surface area contributed by atoms with Crippen molar-refractivity contribution in [3.05, 3.63) is 24.3 Å². The number of aliphatic hydroxyl groups excluding tert-OH is 1. The van der Waals surface area contributed by atoms with Crippen LogP contribution in [-0.2, 0) is 4.79 Å². The van der Waals surface area contributed by atoms with Crippen LogP contribution in [0.1, 0.15) is 19.8 Å². The summed E-state index contributed by atoms with van der Waals surface area (Å²) in [7, 11) is 0. The van der Waals surface area contributed by atoms with Crippen LogP contribution in [0.5, 0.6) is 5.75 Å². The number of carbonyl (C=O) groups excluding carboxylic acids is 1. The van der Waals surface area contributed by atoms with Crippen LogP contribution in [0, 0.1) is 0 Å². The molecular weight excluding hydrogens is 276 g/mol. The van der Waals surface area contributed by atoms with E-state index in [-0.39, 0.29) is 13.0 Å². The summed E-state index contributed by atoms with van der Waals surface area (Å²) in [5.41, 5.74) is 0.593. The molecule has 7 heteroatoms. The van der Waals surface area contributed by atoms with Crippen molar-refractivity contribution in [1.29, 1.82) is 0 Å². The van der Waals surface area contributed by atoms with E-state index in [9.17, 15) is 9.59 Å². The van der Waals surface area contributed by atoms with Crippen molar-refractivity contribution in [3.63, 3.8) is 0 Å². The van der Waals surface area contributed by atoms with Gasteiger partial charge in [-0.2, -0.15) is 0 Å². The molecule has 4 N–H and O–H groups in total. The third-order valence-electron chi connectivity index (χ3n) is 2.57. The predicted octanol–water partition coefficient (Wildman–Crippen LogP) is 1.43. The third-order valence-corrected chi connectivity index (χ3v) is 2.57. The highest BCUT2D eigenvalue weighted by molar-refractivity contribution is 5.89. The van der Waals surface area contributed by atoms with E-state index in [2.05, 4.69) is 10.6 Å². The highest BCUT2D eigenvalue weighted by atomic mass is 16.5. The molecule has 0 aromatic heterocycles. The molecule has 1 aromatic rings. The average molecular weight is 296 g/mol. The molecule has 0 saturated carbocycles. The molecule has 0 aliphatic rings. The number of anilines is 1. The minimum atomic E-state index is -1.47. The van der Waals surface area contributed by atoms with Crippen LogP contribution in [0.2, 0.25) is 0 Å². The van der Waals surface area contributed by atoms with Crippen molar-refractivity contribution in [3.8, 4) is 5.75 Å². The number of amides is 2. The number of carboxylic acids is 1. The van der Waals surface area contributed by atoms with Gasteiger partial charge in [0.25, 0.3) is 0 Å². The fraction of sp³-hybridized carbons (Fsp3) is 0.429. The molecule has 2 amide bonds. The lowest BCUT2D eigenvalue weighted by Crippen LogP contribution is -2.33. The van der Waals surface area contributed by atoms with Gasteiger partial charge in [0, 0.05) is 18.7 Å². The minimum absolute atomic E-state index is 0.0491. The molecule has 0 fully saturated rings. The Labute approximate surface area is 122 Å². The van der Waals surface area contributed by atoms with E-state index in [0.717, 1.165) is 12.2 Å². The Balaban J connectivity index is 2.32. The van der Waals surface area contributed by atoms with Gasteiger partial charge in [-0.3, -0.25) is 0 Å². The number of ether oxygens (including phenoxy) is 1. The fourth-order valence-corrected chi connectivity index (χ4v) is 1.48. The molecule has 0 radical (unpaired) electrons. The van der Waals surface area contributed by atoms with E-state index in [0.29, 0.717) is 12.3 Å². The van der Waals surface area contributed by atoms with Gasteiger partial charge in [-0.05, 0) is 30.7 Å². The van der Waals surface area contributed by atoms with Gasteiger partial charge in [-0.15, -0.1) is 0 Å². The number of hydrogen-bond donors (Lipinski definition) is 4. The van der Waals surface area contributed by atoms with E-state index in [4.69, 9.17) is 14.9 Å². The second-order valence-electron chi connectivity index (χ2n) is 4.40. The molecule has 0 spiro atoms. The molecule has 0 aliphatic heterocycles. The van der Waals surface area contributed by atoms with E-state index in [1.165, 1.54) is 0 Å². The molecule has 1 unspecified atom stereocenters. The molecule has 1 atom stereocenters. The van der Waals surface area contributed by atoms with Gasteiger partial charge in [-0.25, -0.2) is 9.59 Å². The first kappa shape index (κ1) is 16.8. The lowest BCUT2D eigenvalue weighted by molar-refractivity contribution is -0.146. The summed E-state index contributed by atoms with van der Waals surface area (Å²) in [6.07, 6.45) is -0.600. The molecule has 1 aromatic carbocycles. The van der Waals surface area contributed by atoms with Gasteiger partial charge in [-0.1, -0.05) is 6.92 Å². The van der Waals surface area contributed by atoms with Gasteiger partial charge in [0.1, 0.15) is 5.75 Å². The number of aliphatic hydroxyl groups is 1. The summed E-state index contributed by atoms with van der Waals surface area (Å²) in [5.74, 6) is -0.577. The molecule has 1 rings (SSSR count). The molecule has 0 saturated heterocycles. The topological polar surface area (TPSA) is 108 Å². The lowest BCUT2D eigenvalue weighted by Gasteiger charge is -2.10. The second kappa shape index (κ2) is 8.80. The Bertz CT molecular complexity index is 461. The normalized spacial score (nSPS) is 11.5. The number of nitrogens with one attached hydrogen (secondary N) is 2. The summed E-state index contributed by atoms with van der Waals surface area (Å²) < 4.78 is 5.42. The Morgan fingerprint density at radius 3 is 2.52 bits per heavy atom. The zero-order valence-electron chi connectivity index (χ0n) is 11.8. The first-order valence-electron chi connectivity index (χ1n) is 6.71. The van der Waals surface area contributed by atoms with Gasteiger partial charge in [0.2, 0.25) is 0 Å². The lowest BCUT2D eigenvalue weighted by atomic mass is 10.2. The van der Waals surface area contributed by atoms with Crippen molar-refractivity contribution in [2.45, 2.75) is 25.9 Å². The van der Waals surface area contributed by atoms with Crippen molar-refractivity contribution in [1.82, 2.24) is 5.32 Å². The van der Waals surface area contributed by atoms with E-state index in [1.807, 2.05) is 6.92 Å². The first-order valence-corrected chi connectivity index (χ1v) is 6.71. The SMILES string of the molecule is CCCOc1ccc(NC(=O)NCCC(O)C(=O)O)cc1. The Kier molecular flexibility index (Phi) is 7.03. The highest BCUT2D eigenvalue weighted by Gasteiger charge is 2.12. The second-order valence-corrected chi connectivity index (χ2v) is 4.40. The monoisotopic (exact) mass is 296 g/mol. The summed E-state index contributed by atoms with van der Waals surface area (Å²) in [6.45, 7) is 2.72. The number of carbonyl (C=O) groups is 2. The molecular formula is C14H20N2O5. The number of rotatable bonds is 8. The average Bonchev–Trinajstić information content (AvgIpc) is 2.46. The van der Waals surface area contributed by atoms with Gasteiger partial charge in [0.05, 0.1) is 6.61 Å². The largest absolute Gasteiger partial charge is 0.494 e. The fourth-order valence-electron chi connectivity index (χ4n) is 1.48. The molecule has 0 aliphatic carbocycles.